The molecule has 0 fully saturated rings. The minimum atomic E-state index is -4.18. The summed E-state index contributed by atoms with van der Waals surface area (Å²) in [6.07, 6.45) is -3.85. The number of hydrogen-bond donors (Lipinski definition) is 0. The summed E-state index contributed by atoms with van der Waals surface area (Å²) in [5, 5.41) is 0. The van der Waals surface area contributed by atoms with E-state index in [9.17, 15) is 13.2 Å². The minimum Gasteiger partial charge on any atom is -0.256 e. The Hall–Kier alpha value is -1.84. The van der Waals surface area contributed by atoms with E-state index < -0.39 is 12.6 Å². The molecule has 0 aliphatic heterocycles. The molecule has 0 aliphatic carbocycles. The van der Waals surface area contributed by atoms with Crippen molar-refractivity contribution in [3.8, 4) is 11.3 Å². The lowest BCUT2D eigenvalue weighted by atomic mass is 10.1. The molecule has 0 radical (unpaired) electrons. The predicted octanol–water partition coefficient (Wildman–Crippen LogP) is 3.85. The van der Waals surface area contributed by atoms with Crippen LogP contribution in [0.3, 0.4) is 0 Å². The van der Waals surface area contributed by atoms with Gasteiger partial charge >= 0.3 is 6.18 Å². The van der Waals surface area contributed by atoms with Crippen LogP contribution in [0.5, 0.6) is 0 Å². The van der Waals surface area contributed by atoms with E-state index in [1.54, 1.807) is 6.07 Å². The molecule has 0 unspecified atom stereocenters. The van der Waals surface area contributed by atoms with Crippen LogP contribution in [0, 0.1) is 0 Å². The van der Waals surface area contributed by atoms with Crippen LogP contribution in [-0.4, -0.2) is 11.2 Å². The molecule has 1 aromatic heterocycles. The second-order valence-electron chi connectivity index (χ2n) is 3.71. The second kappa shape index (κ2) is 4.57. The Labute approximate surface area is 96.9 Å². The van der Waals surface area contributed by atoms with Gasteiger partial charge < -0.3 is 0 Å². The molecule has 17 heavy (non-hydrogen) atoms. The van der Waals surface area contributed by atoms with E-state index in [1.807, 2.05) is 30.3 Å². The first kappa shape index (κ1) is 11.6. The summed E-state index contributed by atoms with van der Waals surface area (Å²) in [4.78, 5) is 4.03. The van der Waals surface area contributed by atoms with Gasteiger partial charge in [0.15, 0.2) is 0 Å². The van der Waals surface area contributed by atoms with E-state index in [0.29, 0.717) is 5.69 Å². The lowest BCUT2D eigenvalue weighted by Crippen LogP contribution is -2.11. The number of hydrogen-bond acceptors (Lipinski definition) is 1. The third-order valence-corrected chi connectivity index (χ3v) is 2.30. The Balaban J connectivity index is 2.19. The van der Waals surface area contributed by atoms with Crippen molar-refractivity contribution >= 4 is 0 Å². The number of halogens is 3. The van der Waals surface area contributed by atoms with Gasteiger partial charge in [-0.25, -0.2) is 0 Å². The molecule has 4 heteroatoms. The van der Waals surface area contributed by atoms with Gasteiger partial charge in [-0.05, 0) is 11.6 Å². The Morgan fingerprint density at radius 1 is 0.941 bits per heavy atom. The first-order valence-corrected chi connectivity index (χ1v) is 5.12. The molecular formula is C13H10F3N. The van der Waals surface area contributed by atoms with Crippen LogP contribution in [0.4, 0.5) is 13.2 Å². The lowest BCUT2D eigenvalue weighted by molar-refractivity contribution is -0.127. The van der Waals surface area contributed by atoms with E-state index in [-0.39, 0.29) is 5.56 Å². The Bertz CT molecular complexity index is 474. The SMILES string of the molecule is FC(F)(F)Cc1ccc(-c2ccccc2)nc1. The van der Waals surface area contributed by atoms with Crippen LogP contribution in [0.2, 0.25) is 0 Å². The molecule has 2 rings (SSSR count). The van der Waals surface area contributed by atoms with Crippen LogP contribution in [0.1, 0.15) is 5.56 Å². The summed E-state index contributed by atoms with van der Waals surface area (Å²) in [6.45, 7) is 0. The number of rotatable bonds is 2. The fourth-order valence-electron chi connectivity index (χ4n) is 1.54. The molecule has 1 nitrogen and oxygen atoms in total. The zero-order valence-corrected chi connectivity index (χ0v) is 8.91. The van der Waals surface area contributed by atoms with Gasteiger partial charge in [-0.2, -0.15) is 13.2 Å². The van der Waals surface area contributed by atoms with Gasteiger partial charge in [0.05, 0.1) is 12.1 Å². The standard InChI is InChI=1S/C13H10F3N/c14-13(15,16)8-10-6-7-12(17-9-10)11-4-2-1-3-5-11/h1-7,9H,8H2. The fraction of sp³-hybridized carbons (Fsp3) is 0.154. The molecule has 0 amide bonds. The smallest absolute Gasteiger partial charge is 0.256 e. The van der Waals surface area contributed by atoms with Crippen LogP contribution in [-0.2, 0) is 6.42 Å². The van der Waals surface area contributed by atoms with Crippen molar-refractivity contribution in [3.05, 3.63) is 54.2 Å². The Morgan fingerprint density at radius 2 is 1.65 bits per heavy atom. The van der Waals surface area contributed by atoms with Crippen LogP contribution in [0.25, 0.3) is 11.3 Å². The number of aromatic nitrogens is 1. The highest BCUT2D eigenvalue weighted by Gasteiger charge is 2.27. The van der Waals surface area contributed by atoms with E-state index in [1.165, 1.54) is 12.3 Å². The summed E-state index contributed by atoms with van der Waals surface area (Å²) in [5.41, 5.74) is 1.75. The van der Waals surface area contributed by atoms with Gasteiger partial charge in [-0.3, -0.25) is 4.98 Å². The van der Waals surface area contributed by atoms with Gasteiger partial charge in [0, 0.05) is 11.8 Å². The Morgan fingerprint density at radius 3 is 2.18 bits per heavy atom. The van der Waals surface area contributed by atoms with Crippen molar-refractivity contribution in [2.45, 2.75) is 12.6 Å². The number of alkyl halides is 3. The highest BCUT2D eigenvalue weighted by Crippen LogP contribution is 2.22. The summed E-state index contributed by atoms with van der Waals surface area (Å²) in [7, 11) is 0. The van der Waals surface area contributed by atoms with Gasteiger partial charge in [0.1, 0.15) is 0 Å². The molecular weight excluding hydrogens is 227 g/mol. The maximum Gasteiger partial charge on any atom is 0.393 e. The normalized spacial score (nSPS) is 11.5. The number of pyridine rings is 1. The maximum atomic E-state index is 12.1. The highest BCUT2D eigenvalue weighted by molar-refractivity contribution is 5.58. The average molecular weight is 237 g/mol. The molecule has 0 saturated heterocycles. The van der Waals surface area contributed by atoms with Crippen molar-refractivity contribution in [2.24, 2.45) is 0 Å². The largest absolute Gasteiger partial charge is 0.393 e. The molecule has 0 saturated carbocycles. The summed E-state index contributed by atoms with van der Waals surface area (Å²) >= 11 is 0. The zero-order valence-electron chi connectivity index (χ0n) is 8.91. The quantitative estimate of drug-likeness (QED) is 0.773. The maximum absolute atomic E-state index is 12.1. The van der Waals surface area contributed by atoms with E-state index >= 15 is 0 Å². The molecule has 0 atom stereocenters. The highest BCUT2D eigenvalue weighted by atomic mass is 19.4. The van der Waals surface area contributed by atoms with E-state index in [4.69, 9.17) is 0 Å². The molecule has 1 aromatic carbocycles. The van der Waals surface area contributed by atoms with Crippen molar-refractivity contribution in [1.82, 2.24) is 4.98 Å². The van der Waals surface area contributed by atoms with Crippen LogP contribution >= 0.6 is 0 Å². The van der Waals surface area contributed by atoms with Crippen molar-refractivity contribution in [1.29, 1.82) is 0 Å². The van der Waals surface area contributed by atoms with Crippen molar-refractivity contribution in [2.75, 3.05) is 0 Å². The van der Waals surface area contributed by atoms with Crippen LogP contribution in [0.15, 0.2) is 48.7 Å². The monoisotopic (exact) mass is 237 g/mol. The third kappa shape index (κ3) is 3.31. The molecule has 1 heterocycles. The number of nitrogens with zero attached hydrogens (tertiary/aromatic N) is 1. The van der Waals surface area contributed by atoms with Crippen molar-refractivity contribution < 1.29 is 13.2 Å². The average Bonchev–Trinajstić information content (AvgIpc) is 2.29. The molecule has 88 valence electrons. The summed E-state index contributed by atoms with van der Waals surface area (Å²) in [6, 6.07) is 12.4. The molecule has 0 N–H and O–H groups in total. The van der Waals surface area contributed by atoms with E-state index in [2.05, 4.69) is 4.98 Å². The molecule has 2 aromatic rings. The molecule has 0 spiro atoms. The lowest BCUT2D eigenvalue weighted by Gasteiger charge is -2.06. The first-order chi connectivity index (χ1) is 8.04. The Kier molecular flexibility index (Phi) is 3.13. The molecule has 0 bridgehead atoms. The van der Waals surface area contributed by atoms with Gasteiger partial charge in [-0.15, -0.1) is 0 Å². The fourth-order valence-corrected chi connectivity index (χ4v) is 1.54. The molecule has 0 aliphatic rings. The van der Waals surface area contributed by atoms with Crippen molar-refractivity contribution in [3.63, 3.8) is 0 Å². The summed E-state index contributed by atoms with van der Waals surface area (Å²) in [5.74, 6) is 0. The van der Waals surface area contributed by atoms with E-state index in [0.717, 1.165) is 5.56 Å². The first-order valence-electron chi connectivity index (χ1n) is 5.12. The van der Waals surface area contributed by atoms with Crippen LogP contribution < -0.4 is 0 Å². The predicted molar refractivity (Wildman–Crippen MR) is 59.4 cm³/mol. The number of benzene rings is 1. The van der Waals surface area contributed by atoms with Gasteiger partial charge in [0.25, 0.3) is 0 Å². The minimum absolute atomic E-state index is 0.178. The van der Waals surface area contributed by atoms with Gasteiger partial charge in [0.2, 0.25) is 0 Å². The summed E-state index contributed by atoms with van der Waals surface area (Å²) < 4.78 is 36.4. The topological polar surface area (TPSA) is 12.9 Å². The zero-order chi connectivity index (χ0) is 12.3. The third-order valence-electron chi connectivity index (χ3n) is 2.30. The van der Waals surface area contributed by atoms with Gasteiger partial charge in [-0.1, -0.05) is 36.4 Å². The second-order valence-corrected chi connectivity index (χ2v) is 3.71.